The number of amides is 1. The zero-order valence-corrected chi connectivity index (χ0v) is 17.4. The second-order valence-corrected chi connectivity index (χ2v) is 8.88. The molecule has 6 nitrogen and oxygen atoms in total. The minimum absolute atomic E-state index is 0.0928. The molecule has 0 spiro atoms. The van der Waals surface area contributed by atoms with Crippen LogP contribution in [0, 0.1) is 17.0 Å². The Kier molecular flexibility index (Phi) is 5.57. The number of thioether (sulfide) groups is 1. The van der Waals surface area contributed by atoms with Crippen molar-refractivity contribution in [3.8, 4) is 0 Å². The third-order valence-corrected chi connectivity index (χ3v) is 7.10. The van der Waals surface area contributed by atoms with E-state index >= 15 is 0 Å². The molecular weight excluding hydrogens is 426 g/mol. The lowest BCUT2D eigenvalue weighted by Crippen LogP contribution is -2.58. The van der Waals surface area contributed by atoms with E-state index in [4.69, 9.17) is 9.73 Å². The Morgan fingerprint density at radius 3 is 2.65 bits per heavy atom. The number of aliphatic carboxylic acids is 1. The zero-order valence-electron chi connectivity index (χ0n) is 16.6. The van der Waals surface area contributed by atoms with Gasteiger partial charge in [0.2, 0.25) is 0 Å². The monoisotopic (exact) mass is 446 g/mol. The van der Waals surface area contributed by atoms with Crippen LogP contribution in [0.2, 0.25) is 0 Å². The van der Waals surface area contributed by atoms with Crippen LogP contribution in [-0.4, -0.2) is 40.6 Å². The van der Waals surface area contributed by atoms with Crippen LogP contribution in [0.15, 0.2) is 53.5 Å². The van der Waals surface area contributed by atoms with Crippen LogP contribution >= 0.6 is 11.8 Å². The normalized spacial score (nSPS) is 27.7. The van der Waals surface area contributed by atoms with E-state index in [1.807, 2.05) is 6.92 Å². The Bertz CT molecular complexity index is 1060. The summed E-state index contributed by atoms with van der Waals surface area (Å²) in [4.78, 5) is 28.8. The van der Waals surface area contributed by atoms with Gasteiger partial charge in [-0.15, -0.1) is 0 Å². The van der Waals surface area contributed by atoms with Gasteiger partial charge in [0.25, 0.3) is 5.91 Å². The summed E-state index contributed by atoms with van der Waals surface area (Å²) in [6.45, 7) is 1.61. The highest BCUT2D eigenvalue weighted by Gasteiger charge is 2.58. The molecular formula is C22H20F2N2O4S. The lowest BCUT2D eigenvalue weighted by atomic mass is 9.64. The molecule has 9 heteroatoms. The van der Waals surface area contributed by atoms with Gasteiger partial charge >= 0.3 is 5.97 Å². The molecule has 4 rings (SSSR count). The Morgan fingerprint density at radius 1 is 1.23 bits per heavy atom. The number of nitrogens with one attached hydrogen (secondary N) is 1. The van der Waals surface area contributed by atoms with Crippen LogP contribution in [0.25, 0.3) is 0 Å². The van der Waals surface area contributed by atoms with Crippen molar-refractivity contribution in [1.82, 2.24) is 5.32 Å². The van der Waals surface area contributed by atoms with Crippen molar-refractivity contribution in [2.45, 2.75) is 25.0 Å². The molecule has 2 heterocycles. The van der Waals surface area contributed by atoms with Crippen molar-refractivity contribution in [2.24, 2.45) is 10.4 Å². The molecule has 0 radical (unpaired) electrons. The van der Waals surface area contributed by atoms with Gasteiger partial charge in [-0.2, -0.15) is 0 Å². The molecule has 2 aromatic rings. The summed E-state index contributed by atoms with van der Waals surface area (Å²) >= 11 is 1.26. The molecule has 2 N–H and O–H groups in total. The van der Waals surface area contributed by atoms with Gasteiger partial charge in [-0.25, -0.2) is 18.6 Å². The molecule has 1 saturated heterocycles. The summed E-state index contributed by atoms with van der Waals surface area (Å²) in [5.41, 5.74) is -1.58. The average molecular weight is 446 g/mol. The van der Waals surface area contributed by atoms with E-state index in [1.54, 1.807) is 30.3 Å². The zero-order chi connectivity index (χ0) is 22.2. The van der Waals surface area contributed by atoms with Crippen molar-refractivity contribution in [1.29, 1.82) is 0 Å². The van der Waals surface area contributed by atoms with Gasteiger partial charge < -0.3 is 15.2 Å². The van der Waals surface area contributed by atoms with Gasteiger partial charge in [-0.1, -0.05) is 43.0 Å². The first-order valence-corrected chi connectivity index (χ1v) is 10.6. The predicted molar refractivity (Wildman–Crippen MR) is 112 cm³/mol. The van der Waals surface area contributed by atoms with Gasteiger partial charge in [0.15, 0.2) is 11.3 Å². The first-order valence-electron chi connectivity index (χ1n) is 9.63. The molecule has 2 aliphatic rings. The Balaban J connectivity index is 1.77. The number of amidine groups is 1. The van der Waals surface area contributed by atoms with E-state index in [-0.39, 0.29) is 29.7 Å². The molecule has 0 bridgehead atoms. The van der Waals surface area contributed by atoms with Crippen LogP contribution in [0.4, 0.5) is 8.78 Å². The van der Waals surface area contributed by atoms with Crippen LogP contribution in [0.3, 0.4) is 0 Å². The van der Waals surface area contributed by atoms with Gasteiger partial charge in [0.05, 0.1) is 6.61 Å². The number of carboxylic acid groups (broad SMARTS) is 1. The maximum atomic E-state index is 14.9. The Morgan fingerprint density at radius 2 is 1.97 bits per heavy atom. The predicted octanol–water partition coefficient (Wildman–Crippen LogP) is 3.57. The molecule has 3 atom stereocenters. The first-order chi connectivity index (χ1) is 14.7. The number of carbonyl (C=O) groups is 2. The third kappa shape index (κ3) is 3.83. The van der Waals surface area contributed by atoms with Crippen molar-refractivity contribution in [3.63, 3.8) is 0 Å². The largest absolute Gasteiger partial charge is 0.479 e. The topological polar surface area (TPSA) is 88.0 Å². The molecule has 31 heavy (non-hydrogen) atoms. The fourth-order valence-electron chi connectivity index (χ4n) is 4.08. The van der Waals surface area contributed by atoms with Crippen LogP contribution in [-0.2, 0) is 15.1 Å². The number of fused-ring (bicyclic) bond motifs is 1. The second-order valence-electron chi connectivity index (χ2n) is 7.91. The van der Waals surface area contributed by atoms with E-state index in [0.717, 1.165) is 12.1 Å². The molecule has 0 aliphatic carbocycles. The molecule has 2 aromatic carbocycles. The van der Waals surface area contributed by atoms with Gasteiger partial charge in [0.1, 0.15) is 17.2 Å². The molecule has 0 aromatic heterocycles. The molecule has 1 fully saturated rings. The van der Waals surface area contributed by atoms with Crippen LogP contribution in [0.5, 0.6) is 0 Å². The summed E-state index contributed by atoms with van der Waals surface area (Å²) in [7, 11) is 0. The third-order valence-electron chi connectivity index (χ3n) is 5.86. The number of carboxylic acids is 1. The molecule has 162 valence electrons. The number of carbonyl (C=O) groups excluding carboxylic acids is 1. The summed E-state index contributed by atoms with van der Waals surface area (Å²) in [6.07, 6.45) is -0.965. The number of ether oxygens (including phenoxy) is 1. The van der Waals surface area contributed by atoms with Crippen LogP contribution < -0.4 is 5.32 Å². The minimum atomic E-state index is -1.32. The van der Waals surface area contributed by atoms with E-state index in [2.05, 4.69) is 5.32 Å². The Labute approximate surface area is 181 Å². The highest BCUT2D eigenvalue weighted by atomic mass is 32.2. The maximum absolute atomic E-state index is 14.9. The maximum Gasteiger partial charge on any atom is 0.332 e. The van der Waals surface area contributed by atoms with Crippen molar-refractivity contribution in [3.05, 3.63) is 71.3 Å². The smallest absolute Gasteiger partial charge is 0.332 e. The van der Waals surface area contributed by atoms with Crippen molar-refractivity contribution >= 4 is 28.8 Å². The summed E-state index contributed by atoms with van der Waals surface area (Å²) in [6, 6.07) is 11.8. The number of aliphatic imine (C=N–C) groups is 1. The average Bonchev–Trinajstić information content (AvgIpc) is 2.74. The summed E-state index contributed by atoms with van der Waals surface area (Å²) in [5, 5.41) is 12.5. The number of rotatable bonds is 3. The number of hydrogen-bond donors (Lipinski definition) is 2. The fourth-order valence-corrected chi connectivity index (χ4v) is 5.28. The summed E-state index contributed by atoms with van der Waals surface area (Å²) < 4.78 is 34.1. The minimum Gasteiger partial charge on any atom is -0.479 e. The second kappa shape index (κ2) is 8.05. The molecule has 1 amide bonds. The van der Waals surface area contributed by atoms with Crippen LogP contribution in [0.1, 0.15) is 29.3 Å². The molecule has 0 saturated carbocycles. The number of nitrogens with zero attached hydrogens (tertiary/aromatic N) is 1. The quantitative estimate of drug-likeness (QED) is 0.753. The van der Waals surface area contributed by atoms with E-state index in [0.29, 0.717) is 11.3 Å². The van der Waals surface area contributed by atoms with Crippen molar-refractivity contribution < 1.29 is 28.2 Å². The number of halogens is 2. The standard InChI is InChI=1S/C22H20F2N2O4S/c1-21-10-17(19(28)29)30-11-22(21,15-8-7-14(23)9-16(15)24)26-20(31-12-21)25-18(27)13-5-3-2-4-6-13/h2-9,17H,10-12H2,1H3,(H,28,29)(H,25,26,27)/t17?,21-,22+/m0/s1. The van der Waals surface area contributed by atoms with Gasteiger partial charge in [0, 0.05) is 28.4 Å². The van der Waals surface area contributed by atoms with Gasteiger partial charge in [-0.3, -0.25) is 4.79 Å². The fraction of sp³-hybridized carbons (Fsp3) is 0.318. The molecule has 2 aliphatic heterocycles. The number of benzene rings is 2. The highest BCUT2D eigenvalue weighted by Crippen LogP contribution is 2.55. The Hall–Kier alpha value is -2.78. The van der Waals surface area contributed by atoms with Crippen molar-refractivity contribution in [2.75, 3.05) is 12.4 Å². The van der Waals surface area contributed by atoms with E-state index < -0.39 is 34.7 Å². The van der Waals surface area contributed by atoms with Gasteiger partial charge in [-0.05, 0) is 24.6 Å². The van der Waals surface area contributed by atoms with E-state index in [9.17, 15) is 23.5 Å². The molecule has 1 unspecified atom stereocenters. The van der Waals surface area contributed by atoms with E-state index in [1.165, 1.54) is 17.8 Å². The SMILES string of the molecule is C[C@]12CSC(NC(=O)c3ccccc3)=N[C@@]1(c1ccc(F)cc1F)COC(C(=O)O)C2. The number of hydrogen-bond acceptors (Lipinski definition) is 5. The first kappa shape index (κ1) is 21.5. The lowest BCUT2D eigenvalue weighted by Gasteiger charge is -2.53. The lowest BCUT2D eigenvalue weighted by molar-refractivity contribution is -0.165. The highest BCUT2D eigenvalue weighted by molar-refractivity contribution is 8.14. The summed E-state index contributed by atoms with van der Waals surface area (Å²) in [5.74, 6) is -2.64.